The van der Waals surface area contributed by atoms with Crippen molar-refractivity contribution in [3.05, 3.63) is 99.1 Å². The Labute approximate surface area is 220 Å². The Morgan fingerprint density at radius 3 is 2.42 bits per heavy atom. The Bertz CT molecular complexity index is 1420. The molecule has 0 fully saturated rings. The van der Waals surface area contributed by atoms with Crippen LogP contribution in [0.3, 0.4) is 0 Å². The summed E-state index contributed by atoms with van der Waals surface area (Å²) in [5.74, 6) is -2.38. The maximum Gasteiger partial charge on any atom is 0.338 e. The van der Waals surface area contributed by atoms with Crippen molar-refractivity contribution in [1.29, 1.82) is 0 Å². The summed E-state index contributed by atoms with van der Waals surface area (Å²) in [5, 5.41) is 5.34. The number of rotatable bonds is 7. The van der Waals surface area contributed by atoms with Gasteiger partial charge in [-0.2, -0.15) is 0 Å². The number of para-hydroxylation sites is 1. The summed E-state index contributed by atoms with van der Waals surface area (Å²) in [4.78, 5) is 51.6. The van der Waals surface area contributed by atoms with Crippen LogP contribution in [0.15, 0.2) is 88.0 Å². The molecule has 0 spiro atoms. The first-order valence-electron chi connectivity index (χ1n) is 10.8. The van der Waals surface area contributed by atoms with E-state index in [1.165, 1.54) is 30.3 Å². The monoisotopic (exact) mass is 567 g/mol. The van der Waals surface area contributed by atoms with Crippen LogP contribution in [-0.4, -0.2) is 30.3 Å². The van der Waals surface area contributed by atoms with Gasteiger partial charge < -0.3 is 15.4 Å². The summed E-state index contributed by atoms with van der Waals surface area (Å²) < 4.78 is 5.71. The highest BCUT2D eigenvalue weighted by Gasteiger charge is 2.39. The highest BCUT2D eigenvalue weighted by atomic mass is 79.9. The van der Waals surface area contributed by atoms with Crippen LogP contribution in [0, 0.1) is 0 Å². The molecule has 0 radical (unpaired) electrons. The zero-order valence-electron chi connectivity index (χ0n) is 18.9. The molecule has 10 heteroatoms. The third-order valence-corrected chi connectivity index (χ3v) is 6.20. The number of carbonyl (C=O) groups excluding carboxylic acids is 4. The lowest BCUT2D eigenvalue weighted by Crippen LogP contribution is -2.32. The number of amides is 3. The van der Waals surface area contributed by atoms with Crippen molar-refractivity contribution in [1.82, 2.24) is 0 Å². The number of nitrogens with one attached hydrogen (secondary N) is 2. The fourth-order valence-electron chi connectivity index (χ4n) is 3.47. The van der Waals surface area contributed by atoms with Crippen molar-refractivity contribution in [3.63, 3.8) is 0 Å². The van der Waals surface area contributed by atoms with Crippen LogP contribution in [0.2, 0.25) is 0 Å². The highest BCUT2D eigenvalue weighted by molar-refractivity contribution is 9.10. The molecule has 0 atom stereocenters. The van der Waals surface area contributed by atoms with Crippen LogP contribution in [-0.2, 0) is 14.3 Å². The molecule has 1 aliphatic heterocycles. The van der Waals surface area contributed by atoms with Gasteiger partial charge in [-0.25, -0.2) is 9.69 Å². The Morgan fingerprint density at radius 1 is 0.944 bits per heavy atom. The zero-order valence-corrected chi connectivity index (χ0v) is 21.2. The maximum absolute atomic E-state index is 13.1. The number of hydrogen-bond acceptors (Lipinski definition) is 6. The molecule has 0 saturated heterocycles. The number of imide groups is 1. The zero-order chi connectivity index (χ0) is 25.8. The number of halogens is 2. The minimum atomic E-state index is -0.743. The quantitative estimate of drug-likeness (QED) is 0.296. The first-order valence-corrected chi connectivity index (χ1v) is 12.0. The summed E-state index contributed by atoms with van der Waals surface area (Å²) >= 11 is 9.61. The fraction of sp³-hybridized carbons (Fsp3) is 0.0769. The van der Waals surface area contributed by atoms with Gasteiger partial charge in [0, 0.05) is 15.7 Å². The Morgan fingerprint density at radius 2 is 1.67 bits per heavy atom. The van der Waals surface area contributed by atoms with Gasteiger partial charge in [-0.15, -0.1) is 0 Å². The molecule has 2 N–H and O–H groups in total. The SMILES string of the molecule is CCOC(=O)c1cccc(N2C(=O)C(Cl)=C(Nc3cccc(C(=O)Nc4ccccc4Br)c3)C2=O)c1. The number of hydrogen-bond donors (Lipinski definition) is 2. The van der Waals surface area contributed by atoms with Gasteiger partial charge in [-0.1, -0.05) is 35.9 Å². The molecule has 4 rings (SSSR count). The lowest BCUT2D eigenvalue weighted by molar-refractivity contribution is -0.120. The van der Waals surface area contributed by atoms with E-state index in [2.05, 4.69) is 26.6 Å². The molecule has 182 valence electrons. The fourth-order valence-corrected chi connectivity index (χ4v) is 4.07. The largest absolute Gasteiger partial charge is 0.462 e. The van der Waals surface area contributed by atoms with Gasteiger partial charge in [0.25, 0.3) is 17.7 Å². The number of esters is 1. The van der Waals surface area contributed by atoms with E-state index in [9.17, 15) is 19.2 Å². The van der Waals surface area contributed by atoms with Crippen LogP contribution in [0.4, 0.5) is 17.1 Å². The highest BCUT2D eigenvalue weighted by Crippen LogP contribution is 2.31. The van der Waals surface area contributed by atoms with E-state index >= 15 is 0 Å². The third kappa shape index (κ3) is 5.17. The molecule has 0 unspecified atom stereocenters. The molecular formula is C26H19BrClN3O5. The summed E-state index contributed by atoms with van der Waals surface area (Å²) in [5.41, 5.74) is 1.52. The molecule has 8 nitrogen and oxygen atoms in total. The molecule has 0 aromatic heterocycles. The van der Waals surface area contributed by atoms with Gasteiger partial charge in [0.15, 0.2) is 0 Å². The molecule has 3 amide bonds. The smallest absolute Gasteiger partial charge is 0.338 e. The van der Waals surface area contributed by atoms with Gasteiger partial charge in [0.2, 0.25) is 0 Å². The Hall–Kier alpha value is -3.95. The molecule has 3 aromatic carbocycles. The van der Waals surface area contributed by atoms with Crippen LogP contribution >= 0.6 is 27.5 Å². The number of carbonyl (C=O) groups is 4. The van der Waals surface area contributed by atoms with E-state index < -0.39 is 17.8 Å². The van der Waals surface area contributed by atoms with Gasteiger partial charge in [-0.05, 0) is 71.4 Å². The van der Waals surface area contributed by atoms with Gasteiger partial charge in [0.1, 0.15) is 10.7 Å². The van der Waals surface area contributed by atoms with Gasteiger partial charge in [0.05, 0.1) is 23.5 Å². The number of ether oxygens (including phenoxy) is 1. The van der Waals surface area contributed by atoms with Crippen LogP contribution in [0.25, 0.3) is 0 Å². The van der Waals surface area contributed by atoms with E-state index in [0.29, 0.717) is 16.9 Å². The van der Waals surface area contributed by atoms with Gasteiger partial charge >= 0.3 is 5.97 Å². The average Bonchev–Trinajstić information content (AvgIpc) is 3.08. The Kier molecular flexibility index (Phi) is 7.52. The van der Waals surface area contributed by atoms with Crippen molar-refractivity contribution in [2.24, 2.45) is 0 Å². The van der Waals surface area contributed by atoms with Crippen LogP contribution in [0.5, 0.6) is 0 Å². The minimum absolute atomic E-state index is 0.147. The second-order valence-electron chi connectivity index (χ2n) is 7.55. The van der Waals surface area contributed by atoms with Crippen molar-refractivity contribution in [2.75, 3.05) is 22.1 Å². The lowest BCUT2D eigenvalue weighted by Gasteiger charge is -2.16. The third-order valence-electron chi connectivity index (χ3n) is 5.16. The summed E-state index contributed by atoms with van der Waals surface area (Å²) in [7, 11) is 0. The summed E-state index contributed by atoms with van der Waals surface area (Å²) in [6, 6.07) is 19.5. The molecule has 1 heterocycles. The molecular weight excluding hydrogens is 550 g/mol. The van der Waals surface area contributed by atoms with E-state index in [-0.39, 0.29) is 34.5 Å². The average molecular weight is 569 g/mol. The lowest BCUT2D eigenvalue weighted by atomic mass is 10.1. The van der Waals surface area contributed by atoms with Crippen LogP contribution < -0.4 is 15.5 Å². The van der Waals surface area contributed by atoms with E-state index in [4.69, 9.17) is 16.3 Å². The normalized spacial score (nSPS) is 13.1. The Balaban J connectivity index is 1.54. The molecule has 0 aliphatic carbocycles. The standard InChI is InChI=1S/C26H19BrClN3O5/c1-2-36-26(35)16-8-6-10-18(14-16)31-24(33)21(28)22(25(31)34)29-17-9-5-7-15(13-17)23(32)30-20-12-4-3-11-19(20)27/h3-14,29H,2H2,1H3,(H,30,32). The number of anilines is 3. The minimum Gasteiger partial charge on any atom is -0.462 e. The molecule has 3 aromatic rings. The second-order valence-corrected chi connectivity index (χ2v) is 8.78. The van der Waals surface area contributed by atoms with Gasteiger partial charge in [-0.3, -0.25) is 14.4 Å². The maximum atomic E-state index is 13.1. The molecule has 0 bridgehead atoms. The number of benzene rings is 3. The first-order chi connectivity index (χ1) is 17.3. The van der Waals surface area contributed by atoms with E-state index in [0.717, 1.165) is 9.37 Å². The molecule has 0 saturated carbocycles. The van der Waals surface area contributed by atoms with Crippen molar-refractivity contribution in [2.45, 2.75) is 6.92 Å². The van der Waals surface area contributed by atoms with Crippen molar-refractivity contribution >= 4 is 68.3 Å². The predicted octanol–water partition coefficient (Wildman–Crippen LogP) is 5.31. The second kappa shape index (κ2) is 10.8. The topological polar surface area (TPSA) is 105 Å². The predicted molar refractivity (Wildman–Crippen MR) is 140 cm³/mol. The first kappa shape index (κ1) is 25.2. The van der Waals surface area contributed by atoms with Crippen molar-refractivity contribution in [3.8, 4) is 0 Å². The molecule has 1 aliphatic rings. The van der Waals surface area contributed by atoms with E-state index in [1.807, 2.05) is 6.07 Å². The van der Waals surface area contributed by atoms with E-state index in [1.54, 1.807) is 43.3 Å². The summed E-state index contributed by atoms with van der Waals surface area (Å²) in [6.45, 7) is 1.86. The van der Waals surface area contributed by atoms with Crippen molar-refractivity contribution < 1.29 is 23.9 Å². The number of nitrogens with zero attached hydrogens (tertiary/aromatic N) is 1. The molecule has 36 heavy (non-hydrogen) atoms. The summed E-state index contributed by atoms with van der Waals surface area (Å²) in [6.07, 6.45) is 0. The van der Waals surface area contributed by atoms with Crippen LogP contribution in [0.1, 0.15) is 27.6 Å².